The summed E-state index contributed by atoms with van der Waals surface area (Å²) >= 11 is 1.44. The molecule has 7 nitrogen and oxygen atoms in total. The third kappa shape index (κ3) is 6.38. The van der Waals surface area contributed by atoms with Gasteiger partial charge in [-0.2, -0.15) is 0 Å². The van der Waals surface area contributed by atoms with E-state index in [0.717, 1.165) is 22.4 Å². The number of nitrogens with one attached hydrogen (secondary N) is 2. The highest BCUT2D eigenvalue weighted by Crippen LogP contribution is 2.28. The second-order valence-electron chi connectivity index (χ2n) is 6.09. The van der Waals surface area contributed by atoms with Crippen molar-refractivity contribution in [3.63, 3.8) is 0 Å². The number of benzene rings is 1. The van der Waals surface area contributed by atoms with Crippen LogP contribution in [-0.2, 0) is 32.1 Å². The van der Waals surface area contributed by atoms with Crippen molar-refractivity contribution in [2.24, 2.45) is 0 Å². The number of amides is 2. The molecule has 1 aromatic carbocycles. The van der Waals surface area contributed by atoms with Gasteiger partial charge in [-0.15, -0.1) is 11.3 Å². The Hall–Kier alpha value is -2.87. The van der Waals surface area contributed by atoms with Crippen LogP contribution < -0.4 is 10.6 Å². The molecule has 0 aliphatic rings. The predicted molar refractivity (Wildman–Crippen MR) is 107 cm³/mol. The molecule has 0 saturated carbocycles. The minimum atomic E-state index is -1.11. The molecular formula is C20H24N2O5S. The van der Waals surface area contributed by atoms with Crippen LogP contribution in [0, 0.1) is 6.92 Å². The van der Waals surface area contributed by atoms with Crippen molar-refractivity contribution < 1.29 is 23.9 Å². The van der Waals surface area contributed by atoms with Gasteiger partial charge in [0.05, 0.1) is 18.5 Å². The van der Waals surface area contributed by atoms with Crippen molar-refractivity contribution in [2.75, 3.05) is 12.4 Å². The van der Waals surface area contributed by atoms with E-state index in [0.29, 0.717) is 5.00 Å². The van der Waals surface area contributed by atoms with Gasteiger partial charge in [-0.05, 0) is 30.5 Å². The van der Waals surface area contributed by atoms with Gasteiger partial charge >= 0.3 is 12.1 Å². The fraction of sp³-hybridized carbons (Fsp3) is 0.350. The average molecular weight is 404 g/mol. The average Bonchev–Trinajstić information content (AvgIpc) is 3.05. The maximum absolute atomic E-state index is 12.7. The Labute approximate surface area is 168 Å². The molecule has 0 radical (unpaired) electrons. The molecule has 28 heavy (non-hydrogen) atoms. The first-order valence-corrected chi connectivity index (χ1v) is 9.68. The molecule has 1 aromatic heterocycles. The molecule has 2 rings (SSSR count). The Bertz CT molecular complexity index is 819. The van der Waals surface area contributed by atoms with E-state index in [4.69, 9.17) is 4.74 Å². The first-order chi connectivity index (χ1) is 13.4. The molecule has 0 unspecified atom stereocenters. The summed E-state index contributed by atoms with van der Waals surface area (Å²) in [6.45, 7) is 4.00. The quantitative estimate of drug-likeness (QED) is 0.658. The molecule has 0 saturated heterocycles. The fourth-order valence-corrected chi connectivity index (χ4v) is 3.51. The number of carbonyl (C=O) groups is 3. The summed E-state index contributed by atoms with van der Waals surface area (Å²) in [6, 6.07) is 10.0. The zero-order valence-corrected chi connectivity index (χ0v) is 16.9. The van der Waals surface area contributed by atoms with Gasteiger partial charge in [0.1, 0.15) is 12.6 Å². The van der Waals surface area contributed by atoms with Gasteiger partial charge in [-0.1, -0.05) is 37.3 Å². The second kappa shape index (κ2) is 10.5. The van der Waals surface area contributed by atoms with Crippen molar-refractivity contribution in [2.45, 2.75) is 39.3 Å². The molecule has 0 bridgehead atoms. The van der Waals surface area contributed by atoms with Crippen LogP contribution in [0.3, 0.4) is 0 Å². The minimum absolute atomic E-state index is 0.0589. The topological polar surface area (TPSA) is 93.7 Å². The van der Waals surface area contributed by atoms with Gasteiger partial charge in [0, 0.05) is 4.88 Å². The van der Waals surface area contributed by atoms with Crippen LogP contribution in [-0.4, -0.2) is 31.1 Å². The minimum Gasteiger partial charge on any atom is -0.469 e. The summed E-state index contributed by atoms with van der Waals surface area (Å²) in [5.41, 5.74) is 1.81. The van der Waals surface area contributed by atoms with Crippen LogP contribution in [0.15, 0.2) is 36.4 Å². The lowest BCUT2D eigenvalue weighted by Crippen LogP contribution is -2.45. The normalized spacial score (nSPS) is 11.4. The molecular weight excluding hydrogens is 380 g/mol. The maximum Gasteiger partial charge on any atom is 0.408 e. The molecule has 150 valence electrons. The van der Waals surface area contributed by atoms with Crippen molar-refractivity contribution in [1.29, 1.82) is 0 Å². The number of thiophene rings is 1. The SMILES string of the molecule is CCc1cc(C)sc1NC(=O)[C@H](CC(=O)OC)NC(=O)OCc1ccccc1. The summed E-state index contributed by atoms with van der Waals surface area (Å²) in [5.74, 6) is -1.11. The number of hydrogen-bond acceptors (Lipinski definition) is 6. The third-order valence-electron chi connectivity index (χ3n) is 3.97. The van der Waals surface area contributed by atoms with E-state index in [1.807, 2.05) is 50.2 Å². The van der Waals surface area contributed by atoms with E-state index in [1.165, 1.54) is 18.4 Å². The van der Waals surface area contributed by atoms with Gasteiger partial charge in [-0.3, -0.25) is 9.59 Å². The Morgan fingerprint density at radius 2 is 1.89 bits per heavy atom. The van der Waals surface area contributed by atoms with E-state index >= 15 is 0 Å². The van der Waals surface area contributed by atoms with E-state index in [9.17, 15) is 14.4 Å². The van der Waals surface area contributed by atoms with Crippen LogP contribution in [0.5, 0.6) is 0 Å². The van der Waals surface area contributed by atoms with E-state index in [1.54, 1.807) is 0 Å². The largest absolute Gasteiger partial charge is 0.469 e. The number of rotatable bonds is 8. The van der Waals surface area contributed by atoms with Crippen LogP contribution >= 0.6 is 11.3 Å². The first kappa shape index (κ1) is 21.4. The number of methoxy groups -OCH3 is 1. The summed E-state index contributed by atoms with van der Waals surface area (Å²) in [7, 11) is 1.23. The van der Waals surface area contributed by atoms with Crippen LogP contribution in [0.4, 0.5) is 9.80 Å². The molecule has 0 aliphatic carbocycles. The predicted octanol–water partition coefficient (Wildman–Crippen LogP) is 3.42. The fourth-order valence-electron chi connectivity index (χ4n) is 2.50. The highest BCUT2D eigenvalue weighted by molar-refractivity contribution is 7.16. The van der Waals surface area contributed by atoms with E-state index in [-0.39, 0.29) is 13.0 Å². The first-order valence-electron chi connectivity index (χ1n) is 8.87. The van der Waals surface area contributed by atoms with Gasteiger partial charge in [-0.25, -0.2) is 4.79 Å². The van der Waals surface area contributed by atoms with Crippen molar-refractivity contribution >= 4 is 34.3 Å². The zero-order chi connectivity index (χ0) is 20.5. The lowest BCUT2D eigenvalue weighted by Gasteiger charge is -2.17. The number of anilines is 1. The summed E-state index contributed by atoms with van der Waals surface area (Å²) < 4.78 is 9.78. The molecule has 0 spiro atoms. The molecule has 2 aromatic rings. The molecule has 2 N–H and O–H groups in total. The van der Waals surface area contributed by atoms with E-state index in [2.05, 4.69) is 15.4 Å². The highest BCUT2D eigenvalue weighted by atomic mass is 32.1. The van der Waals surface area contributed by atoms with E-state index < -0.39 is 24.0 Å². The zero-order valence-electron chi connectivity index (χ0n) is 16.1. The van der Waals surface area contributed by atoms with Crippen LogP contribution in [0.1, 0.15) is 29.3 Å². The van der Waals surface area contributed by atoms with Crippen molar-refractivity contribution in [1.82, 2.24) is 5.32 Å². The smallest absolute Gasteiger partial charge is 0.408 e. The van der Waals surface area contributed by atoms with Crippen molar-refractivity contribution in [3.05, 3.63) is 52.4 Å². The second-order valence-corrected chi connectivity index (χ2v) is 7.35. The standard InChI is InChI=1S/C20H24N2O5S/c1-4-15-10-13(2)28-19(15)22-18(24)16(11-17(23)26-3)21-20(25)27-12-14-8-6-5-7-9-14/h5-10,16H,4,11-12H2,1-3H3,(H,21,25)(H,22,24)/t16-/m0/s1. The molecule has 2 amide bonds. The third-order valence-corrected chi connectivity index (χ3v) is 4.98. The number of ether oxygens (including phenoxy) is 2. The van der Waals surface area contributed by atoms with Crippen LogP contribution in [0.25, 0.3) is 0 Å². The Morgan fingerprint density at radius 1 is 1.18 bits per heavy atom. The monoisotopic (exact) mass is 404 g/mol. The molecule has 0 aliphatic heterocycles. The lowest BCUT2D eigenvalue weighted by molar-refractivity contribution is -0.142. The van der Waals surface area contributed by atoms with Gasteiger partial charge < -0.3 is 20.1 Å². The molecule has 1 atom stereocenters. The number of aryl methyl sites for hydroxylation is 2. The molecule has 1 heterocycles. The number of alkyl carbamates (subject to hydrolysis) is 1. The van der Waals surface area contributed by atoms with Gasteiger partial charge in [0.15, 0.2) is 0 Å². The van der Waals surface area contributed by atoms with Gasteiger partial charge in [0.2, 0.25) is 5.91 Å². The number of carbonyl (C=O) groups excluding carboxylic acids is 3. The maximum atomic E-state index is 12.7. The number of hydrogen-bond donors (Lipinski definition) is 2. The van der Waals surface area contributed by atoms with Crippen molar-refractivity contribution in [3.8, 4) is 0 Å². The highest BCUT2D eigenvalue weighted by Gasteiger charge is 2.26. The summed E-state index contributed by atoms with van der Waals surface area (Å²) in [5, 5.41) is 5.95. The Balaban J connectivity index is 2.02. The lowest BCUT2D eigenvalue weighted by atomic mass is 10.2. The summed E-state index contributed by atoms with van der Waals surface area (Å²) in [4.78, 5) is 37.5. The number of esters is 1. The Kier molecular flexibility index (Phi) is 8.01. The van der Waals surface area contributed by atoms with Gasteiger partial charge in [0.25, 0.3) is 0 Å². The molecule has 0 fully saturated rings. The molecule has 8 heteroatoms. The Morgan fingerprint density at radius 3 is 2.54 bits per heavy atom. The summed E-state index contributed by atoms with van der Waals surface area (Å²) in [6.07, 6.45) is -0.325. The van der Waals surface area contributed by atoms with Crippen LogP contribution in [0.2, 0.25) is 0 Å².